The van der Waals surface area contributed by atoms with Gasteiger partial charge in [-0.05, 0) is 47.4 Å². The number of nitrogens with zero attached hydrogens (tertiary/aromatic N) is 3. The Balaban J connectivity index is 1.34. The monoisotopic (exact) mass is 591 g/mol. The smallest absolute Gasteiger partial charge is 0.253 e. The van der Waals surface area contributed by atoms with Crippen molar-refractivity contribution in [3.63, 3.8) is 0 Å². The second kappa shape index (κ2) is 11.0. The van der Waals surface area contributed by atoms with Crippen LogP contribution < -0.4 is 9.80 Å². The number of hydrogen-bond donors (Lipinski definition) is 1. The quantitative estimate of drug-likeness (QED) is 0.431. The summed E-state index contributed by atoms with van der Waals surface area (Å²) in [5.74, 6) is -2.39. The summed E-state index contributed by atoms with van der Waals surface area (Å²) < 4.78 is 6.81. The summed E-state index contributed by atoms with van der Waals surface area (Å²) in [7, 11) is 0. The van der Waals surface area contributed by atoms with Gasteiger partial charge in [0.2, 0.25) is 11.8 Å². The fourth-order valence-corrected chi connectivity index (χ4v) is 7.71. The van der Waals surface area contributed by atoms with Gasteiger partial charge in [-0.25, -0.2) is 0 Å². The van der Waals surface area contributed by atoms with Gasteiger partial charge in [0.05, 0.1) is 30.6 Å². The molecule has 1 spiro atoms. The number of anilines is 2. The van der Waals surface area contributed by atoms with Gasteiger partial charge in [-0.3, -0.25) is 14.4 Å². The number of benzene rings is 3. The normalized spacial score (nSPS) is 28.7. The zero-order chi connectivity index (χ0) is 30.6. The first kappa shape index (κ1) is 28.5. The van der Waals surface area contributed by atoms with Crippen molar-refractivity contribution in [3.05, 3.63) is 97.1 Å². The average molecular weight is 592 g/mol. The number of hydrogen-bond acceptors (Lipinski definition) is 5. The average Bonchev–Trinajstić information content (AvgIpc) is 3.35. The van der Waals surface area contributed by atoms with Crippen molar-refractivity contribution in [3.8, 4) is 0 Å². The topological polar surface area (TPSA) is 90.4 Å². The number of aliphatic hydroxyl groups excluding tert-OH is 1. The van der Waals surface area contributed by atoms with Crippen LogP contribution in [0.1, 0.15) is 20.3 Å². The van der Waals surface area contributed by atoms with Gasteiger partial charge in [0.25, 0.3) is 5.91 Å². The van der Waals surface area contributed by atoms with E-state index < -0.39 is 35.6 Å². The molecule has 4 aliphatic rings. The lowest BCUT2D eigenvalue weighted by Crippen LogP contribution is -2.58. The van der Waals surface area contributed by atoms with E-state index in [1.807, 2.05) is 111 Å². The van der Waals surface area contributed by atoms with E-state index in [-0.39, 0.29) is 36.8 Å². The molecule has 3 aromatic rings. The molecule has 4 aliphatic heterocycles. The zero-order valence-electron chi connectivity index (χ0n) is 25.0. The molecule has 0 aliphatic carbocycles. The fraction of sp³-hybridized carbons (Fsp3) is 0.361. The second-order valence-corrected chi connectivity index (χ2v) is 12.6. The van der Waals surface area contributed by atoms with Crippen LogP contribution in [-0.4, -0.2) is 71.2 Å². The molecule has 1 unspecified atom stereocenters. The SMILES string of the molecule is CC(C)C[C@H](CO)N1C(=O)[C@@H]2[C@@H]3C(=O)N(c4ccccc4)CC=C[C@@H]3O[C@@]23C=CCN(c2ccc4ccccc4c2)C(=O)C13. The zero-order valence-corrected chi connectivity index (χ0v) is 25.0. The number of para-hydroxylation sites is 1. The molecule has 1 N–H and O–H groups in total. The number of amides is 3. The Morgan fingerprint density at radius 3 is 2.30 bits per heavy atom. The molecular formula is C36H37N3O5. The van der Waals surface area contributed by atoms with E-state index in [1.165, 1.54) is 0 Å². The van der Waals surface area contributed by atoms with Crippen LogP contribution >= 0.6 is 0 Å². The van der Waals surface area contributed by atoms with Gasteiger partial charge in [0.15, 0.2) is 0 Å². The van der Waals surface area contributed by atoms with E-state index in [0.29, 0.717) is 18.7 Å². The molecule has 3 aromatic carbocycles. The standard InChI is InChI=1S/C36H37N3O5/c1-23(2)20-28(22-40)39-32-35(43)38(27-16-15-24-10-6-7-11-25(24)21-27)19-9-17-36(32)31(34(39)42)30-29(44-36)14-8-18-37(33(30)41)26-12-4-3-5-13-26/h3-17,21,23,28-32,40H,18-20,22H2,1-2H3/t28-,29+,30-,31+,32?,36+/m1/s1. The molecule has 2 fully saturated rings. The Bertz CT molecular complexity index is 1670. The van der Waals surface area contributed by atoms with E-state index in [2.05, 4.69) is 0 Å². The molecule has 2 saturated heterocycles. The van der Waals surface area contributed by atoms with Gasteiger partial charge in [0, 0.05) is 24.5 Å². The van der Waals surface area contributed by atoms with Crippen molar-refractivity contribution >= 4 is 39.9 Å². The maximum atomic E-state index is 14.8. The van der Waals surface area contributed by atoms with Crippen molar-refractivity contribution < 1.29 is 24.2 Å². The largest absolute Gasteiger partial charge is 0.394 e. The molecule has 0 aromatic heterocycles. The van der Waals surface area contributed by atoms with E-state index in [9.17, 15) is 19.5 Å². The molecule has 0 saturated carbocycles. The van der Waals surface area contributed by atoms with Crippen LogP contribution in [0.2, 0.25) is 0 Å². The highest BCUT2D eigenvalue weighted by atomic mass is 16.5. The van der Waals surface area contributed by atoms with Crippen LogP contribution in [0, 0.1) is 17.8 Å². The molecule has 3 amide bonds. The molecule has 226 valence electrons. The molecule has 8 nitrogen and oxygen atoms in total. The minimum atomic E-state index is -1.36. The third-order valence-corrected chi connectivity index (χ3v) is 9.56. The Morgan fingerprint density at radius 1 is 0.841 bits per heavy atom. The van der Waals surface area contributed by atoms with Crippen molar-refractivity contribution in [2.45, 2.75) is 44.1 Å². The van der Waals surface area contributed by atoms with Crippen molar-refractivity contribution in [2.24, 2.45) is 17.8 Å². The lowest BCUT2D eigenvalue weighted by atomic mass is 9.77. The third-order valence-electron chi connectivity index (χ3n) is 9.56. The number of rotatable bonds is 6. The highest BCUT2D eigenvalue weighted by Crippen LogP contribution is 2.54. The predicted molar refractivity (Wildman–Crippen MR) is 169 cm³/mol. The first-order valence-corrected chi connectivity index (χ1v) is 15.5. The number of aliphatic hydroxyl groups is 1. The van der Waals surface area contributed by atoms with E-state index in [0.717, 1.165) is 16.5 Å². The van der Waals surface area contributed by atoms with E-state index >= 15 is 0 Å². The lowest BCUT2D eigenvalue weighted by molar-refractivity contribution is -0.144. The van der Waals surface area contributed by atoms with Gasteiger partial charge < -0.3 is 24.5 Å². The Labute approximate surface area is 257 Å². The summed E-state index contributed by atoms with van der Waals surface area (Å²) in [5.41, 5.74) is 0.0962. The van der Waals surface area contributed by atoms with Gasteiger partial charge >= 0.3 is 0 Å². The van der Waals surface area contributed by atoms with Gasteiger partial charge in [0.1, 0.15) is 11.6 Å². The molecule has 0 bridgehead atoms. The Hall–Kier alpha value is -4.27. The molecule has 44 heavy (non-hydrogen) atoms. The molecule has 7 rings (SSSR count). The summed E-state index contributed by atoms with van der Waals surface area (Å²) in [4.78, 5) is 48.8. The summed E-state index contributed by atoms with van der Waals surface area (Å²) >= 11 is 0. The van der Waals surface area contributed by atoms with Crippen LogP contribution in [0.4, 0.5) is 11.4 Å². The first-order chi connectivity index (χ1) is 21.3. The predicted octanol–water partition coefficient (Wildman–Crippen LogP) is 4.33. The Morgan fingerprint density at radius 2 is 1.55 bits per heavy atom. The van der Waals surface area contributed by atoms with Crippen molar-refractivity contribution in [1.29, 1.82) is 0 Å². The molecule has 4 heterocycles. The minimum absolute atomic E-state index is 0.161. The van der Waals surface area contributed by atoms with Crippen LogP contribution in [0.3, 0.4) is 0 Å². The number of carbonyl (C=O) groups excluding carboxylic acids is 3. The van der Waals surface area contributed by atoms with Crippen molar-refractivity contribution in [2.75, 3.05) is 29.5 Å². The minimum Gasteiger partial charge on any atom is -0.394 e. The second-order valence-electron chi connectivity index (χ2n) is 12.6. The molecule has 6 atom stereocenters. The van der Waals surface area contributed by atoms with E-state index in [1.54, 1.807) is 14.7 Å². The van der Waals surface area contributed by atoms with Crippen LogP contribution in [-0.2, 0) is 19.1 Å². The van der Waals surface area contributed by atoms with Gasteiger partial charge in [-0.15, -0.1) is 0 Å². The molecule has 0 radical (unpaired) electrons. The molecular weight excluding hydrogens is 554 g/mol. The highest BCUT2D eigenvalue weighted by Gasteiger charge is 2.72. The first-order valence-electron chi connectivity index (χ1n) is 15.5. The summed E-state index contributed by atoms with van der Waals surface area (Å²) in [6, 6.07) is 21.6. The summed E-state index contributed by atoms with van der Waals surface area (Å²) in [5, 5.41) is 12.7. The number of carbonyl (C=O) groups is 3. The van der Waals surface area contributed by atoms with Gasteiger partial charge in [-0.1, -0.05) is 86.7 Å². The summed E-state index contributed by atoms with van der Waals surface area (Å²) in [6.07, 6.45) is 7.36. The Kier molecular flexibility index (Phi) is 7.14. The van der Waals surface area contributed by atoms with Crippen LogP contribution in [0.5, 0.6) is 0 Å². The lowest BCUT2D eigenvalue weighted by Gasteiger charge is -2.39. The number of fused-ring (bicyclic) bond motifs is 3. The fourth-order valence-electron chi connectivity index (χ4n) is 7.71. The highest BCUT2D eigenvalue weighted by molar-refractivity contribution is 6.08. The molecule has 8 heteroatoms. The third kappa shape index (κ3) is 4.39. The summed E-state index contributed by atoms with van der Waals surface area (Å²) in [6.45, 7) is 4.40. The van der Waals surface area contributed by atoms with Crippen LogP contribution in [0.15, 0.2) is 97.1 Å². The van der Waals surface area contributed by atoms with Crippen LogP contribution in [0.25, 0.3) is 10.8 Å². The van der Waals surface area contributed by atoms with E-state index in [4.69, 9.17) is 4.74 Å². The van der Waals surface area contributed by atoms with Crippen molar-refractivity contribution in [1.82, 2.24) is 4.90 Å². The number of ether oxygens (including phenoxy) is 1. The maximum Gasteiger partial charge on any atom is 0.253 e. The van der Waals surface area contributed by atoms with Gasteiger partial charge in [-0.2, -0.15) is 0 Å². The maximum absolute atomic E-state index is 14.8. The number of likely N-dealkylation sites (tertiary alicyclic amines) is 1.